The van der Waals surface area contributed by atoms with Gasteiger partial charge in [-0.1, -0.05) is 37.3 Å². The van der Waals surface area contributed by atoms with Crippen molar-refractivity contribution in [2.45, 2.75) is 51.1 Å². The third-order valence-corrected chi connectivity index (χ3v) is 5.73. The maximum atomic E-state index is 12.6. The lowest BCUT2D eigenvalue weighted by molar-refractivity contribution is -0.127. The molecule has 0 spiro atoms. The Morgan fingerprint density at radius 2 is 1.86 bits per heavy atom. The first-order chi connectivity index (χ1) is 10.1. The van der Waals surface area contributed by atoms with Crippen LogP contribution in [0.3, 0.4) is 0 Å². The summed E-state index contributed by atoms with van der Waals surface area (Å²) in [5.41, 5.74) is 7.53. The van der Waals surface area contributed by atoms with Crippen molar-refractivity contribution >= 4 is 5.91 Å². The topological polar surface area (TPSA) is 55.1 Å². The van der Waals surface area contributed by atoms with E-state index in [9.17, 15) is 4.79 Å². The van der Waals surface area contributed by atoms with Crippen molar-refractivity contribution in [3.8, 4) is 0 Å². The van der Waals surface area contributed by atoms with Crippen LogP contribution in [0.15, 0.2) is 30.3 Å². The second-order valence-electron chi connectivity index (χ2n) is 6.93. The number of nitrogens with one attached hydrogen (secondary N) is 1. The van der Waals surface area contributed by atoms with E-state index in [1.165, 1.54) is 18.4 Å². The lowest BCUT2D eigenvalue weighted by atomic mass is 9.84. The minimum atomic E-state index is 0.0363. The van der Waals surface area contributed by atoms with Gasteiger partial charge in [-0.2, -0.15) is 0 Å². The van der Waals surface area contributed by atoms with Crippen LogP contribution in [0.2, 0.25) is 0 Å². The minimum absolute atomic E-state index is 0.0363. The van der Waals surface area contributed by atoms with Crippen LogP contribution >= 0.6 is 0 Å². The first kappa shape index (κ1) is 14.6. The molecule has 2 aliphatic rings. The van der Waals surface area contributed by atoms with E-state index < -0.39 is 0 Å². The Labute approximate surface area is 127 Å². The molecule has 0 radical (unpaired) electrons. The molecule has 6 unspecified atom stereocenters. The highest BCUT2D eigenvalue weighted by Crippen LogP contribution is 2.47. The normalized spacial score (nSPS) is 33.7. The molecule has 0 aliphatic heterocycles. The van der Waals surface area contributed by atoms with Gasteiger partial charge >= 0.3 is 0 Å². The quantitative estimate of drug-likeness (QED) is 0.894. The van der Waals surface area contributed by atoms with Crippen LogP contribution in [0, 0.1) is 17.8 Å². The van der Waals surface area contributed by atoms with Gasteiger partial charge in [0.05, 0.1) is 5.92 Å². The number of nitrogens with two attached hydrogens (primary N) is 1. The molecule has 1 aromatic rings. The van der Waals surface area contributed by atoms with E-state index in [-0.39, 0.29) is 23.9 Å². The molecule has 2 bridgehead atoms. The number of fused-ring (bicyclic) bond motifs is 2. The highest BCUT2D eigenvalue weighted by Gasteiger charge is 2.49. The first-order valence-electron chi connectivity index (χ1n) is 8.19. The second kappa shape index (κ2) is 5.80. The molecule has 2 saturated carbocycles. The van der Waals surface area contributed by atoms with E-state index in [1.807, 2.05) is 18.2 Å². The summed E-state index contributed by atoms with van der Waals surface area (Å²) in [6.45, 7) is 4.26. The van der Waals surface area contributed by atoms with Crippen molar-refractivity contribution in [3.63, 3.8) is 0 Å². The Hall–Kier alpha value is -1.35. The fourth-order valence-corrected chi connectivity index (χ4v) is 4.22. The summed E-state index contributed by atoms with van der Waals surface area (Å²) in [5.74, 6) is 1.61. The molecule has 2 fully saturated rings. The lowest BCUT2D eigenvalue weighted by Gasteiger charge is -2.30. The summed E-state index contributed by atoms with van der Waals surface area (Å²) >= 11 is 0. The average molecular weight is 286 g/mol. The van der Waals surface area contributed by atoms with E-state index >= 15 is 0 Å². The molecule has 1 aromatic carbocycles. The predicted octanol–water partition coefficient (Wildman–Crippen LogP) is 2.67. The van der Waals surface area contributed by atoms with Crippen LogP contribution in [-0.4, -0.2) is 18.0 Å². The number of carbonyl (C=O) groups is 1. The second-order valence-corrected chi connectivity index (χ2v) is 6.93. The molecule has 3 rings (SSSR count). The van der Waals surface area contributed by atoms with Crippen molar-refractivity contribution < 1.29 is 4.79 Å². The molecule has 6 atom stereocenters. The number of carbonyl (C=O) groups excluding carboxylic acids is 1. The highest BCUT2D eigenvalue weighted by atomic mass is 16.2. The molecule has 2 aliphatic carbocycles. The van der Waals surface area contributed by atoms with E-state index in [0.29, 0.717) is 17.8 Å². The van der Waals surface area contributed by atoms with Gasteiger partial charge in [-0.05, 0) is 43.6 Å². The minimum Gasteiger partial charge on any atom is -0.353 e. The smallest absolute Gasteiger partial charge is 0.225 e. The zero-order valence-electron chi connectivity index (χ0n) is 13.0. The van der Waals surface area contributed by atoms with E-state index in [0.717, 1.165) is 6.42 Å². The van der Waals surface area contributed by atoms with Gasteiger partial charge in [0.2, 0.25) is 5.91 Å². The zero-order valence-corrected chi connectivity index (χ0v) is 13.0. The molecule has 3 N–H and O–H groups in total. The Bertz CT molecular complexity index is 499. The molecule has 3 heteroatoms. The molecule has 3 nitrogen and oxygen atoms in total. The number of hydrogen-bond donors (Lipinski definition) is 2. The maximum Gasteiger partial charge on any atom is 0.225 e. The molecule has 0 saturated heterocycles. The Kier molecular flexibility index (Phi) is 4.03. The van der Waals surface area contributed by atoms with Crippen LogP contribution in [0.25, 0.3) is 0 Å². The molecule has 21 heavy (non-hydrogen) atoms. The molecule has 0 aromatic heterocycles. The van der Waals surface area contributed by atoms with E-state index in [1.54, 1.807) is 0 Å². The van der Waals surface area contributed by atoms with Crippen molar-refractivity contribution in [3.05, 3.63) is 35.9 Å². The maximum absolute atomic E-state index is 12.6. The van der Waals surface area contributed by atoms with Gasteiger partial charge in [-0.25, -0.2) is 0 Å². The van der Waals surface area contributed by atoms with Crippen molar-refractivity contribution in [1.29, 1.82) is 0 Å². The number of amides is 1. The summed E-state index contributed by atoms with van der Waals surface area (Å²) in [6, 6.07) is 10.6. The van der Waals surface area contributed by atoms with Crippen LogP contribution in [0.5, 0.6) is 0 Å². The van der Waals surface area contributed by atoms with Crippen LogP contribution in [0.1, 0.15) is 44.6 Å². The molecule has 0 heterocycles. The largest absolute Gasteiger partial charge is 0.353 e. The van der Waals surface area contributed by atoms with Crippen LogP contribution in [-0.2, 0) is 4.79 Å². The van der Waals surface area contributed by atoms with E-state index in [4.69, 9.17) is 5.73 Å². The van der Waals surface area contributed by atoms with Gasteiger partial charge < -0.3 is 11.1 Å². The summed E-state index contributed by atoms with van der Waals surface area (Å²) in [7, 11) is 0. The monoisotopic (exact) mass is 286 g/mol. The van der Waals surface area contributed by atoms with Gasteiger partial charge in [0.1, 0.15) is 0 Å². The summed E-state index contributed by atoms with van der Waals surface area (Å²) in [4.78, 5) is 12.6. The summed E-state index contributed by atoms with van der Waals surface area (Å²) < 4.78 is 0. The number of benzene rings is 1. The lowest BCUT2D eigenvalue weighted by Crippen LogP contribution is -2.48. The summed E-state index contributed by atoms with van der Waals surface area (Å²) in [6.07, 6.45) is 3.55. The fourth-order valence-electron chi connectivity index (χ4n) is 4.22. The van der Waals surface area contributed by atoms with Gasteiger partial charge in [0.25, 0.3) is 0 Å². The zero-order chi connectivity index (χ0) is 15.0. The Morgan fingerprint density at radius 3 is 2.48 bits per heavy atom. The standard InChI is InChI=1S/C18H26N2O/c1-11(13-6-4-3-5-7-13)12(2)20-18(21)16-14-8-9-15(10-14)17(16)19/h3-7,11-12,14-17H,8-10,19H2,1-2H3,(H,20,21). The fraction of sp³-hybridized carbons (Fsp3) is 0.611. The first-order valence-corrected chi connectivity index (χ1v) is 8.19. The average Bonchev–Trinajstić information content (AvgIpc) is 3.08. The van der Waals surface area contributed by atoms with Gasteiger partial charge in [-0.3, -0.25) is 4.79 Å². The van der Waals surface area contributed by atoms with Crippen LogP contribution in [0.4, 0.5) is 0 Å². The molecular formula is C18H26N2O. The van der Waals surface area contributed by atoms with E-state index in [2.05, 4.69) is 31.3 Å². The number of rotatable bonds is 4. The highest BCUT2D eigenvalue weighted by molar-refractivity contribution is 5.80. The number of hydrogen-bond acceptors (Lipinski definition) is 2. The predicted molar refractivity (Wildman–Crippen MR) is 84.8 cm³/mol. The van der Waals surface area contributed by atoms with Gasteiger partial charge in [0, 0.05) is 18.0 Å². The SMILES string of the molecule is CC(NC(=O)C1C2CCC(C2)C1N)C(C)c1ccccc1. The Morgan fingerprint density at radius 1 is 1.19 bits per heavy atom. The van der Waals surface area contributed by atoms with Crippen LogP contribution < -0.4 is 11.1 Å². The molecular weight excluding hydrogens is 260 g/mol. The third kappa shape index (κ3) is 2.71. The van der Waals surface area contributed by atoms with Crippen molar-refractivity contribution in [2.24, 2.45) is 23.5 Å². The summed E-state index contributed by atoms with van der Waals surface area (Å²) in [5, 5.41) is 3.22. The van der Waals surface area contributed by atoms with Gasteiger partial charge in [0.15, 0.2) is 0 Å². The molecule has 1 amide bonds. The van der Waals surface area contributed by atoms with Crippen molar-refractivity contribution in [1.82, 2.24) is 5.32 Å². The molecule has 114 valence electrons. The van der Waals surface area contributed by atoms with Gasteiger partial charge in [-0.15, -0.1) is 0 Å². The van der Waals surface area contributed by atoms with Crippen molar-refractivity contribution in [2.75, 3.05) is 0 Å². The Balaban J connectivity index is 1.62. The third-order valence-electron chi connectivity index (χ3n) is 5.73.